The van der Waals surface area contributed by atoms with Crippen LogP contribution in [-0.2, 0) is 14.3 Å². The molecule has 0 spiro atoms. The Hall–Kier alpha value is -1.84. The van der Waals surface area contributed by atoms with Crippen LogP contribution in [0.1, 0.15) is 20.3 Å². The fourth-order valence-corrected chi connectivity index (χ4v) is 1.49. The Labute approximate surface area is 101 Å². The Morgan fingerprint density at radius 2 is 2.18 bits per heavy atom. The Morgan fingerprint density at radius 3 is 2.71 bits per heavy atom. The van der Waals surface area contributed by atoms with Gasteiger partial charge < -0.3 is 10.1 Å². The van der Waals surface area contributed by atoms with Crippen molar-refractivity contribution < 1.29 is 14.3 Å². The summed E-state index contributed by atoms with van der Waals surface area (Å²) >= 11 is 0. The van der Waals surface area contributed by atoms with Crippen LogP contribution in [0.4, 0.5) is 0 Å². The molecule has 0 saturated heterocycles. The molecule has 1 aliphatic carbocycles. The molecular weight excluding hydrogens is 218 g/mol. The Balaban J connectivity index is 2.80. The topological polar surface area (TPSA) is 55.4 Å². The zero-order valence-corrected chi connectivity index (χ0v) is 10.4. The van der Waals surface area contributed by atoms with Crippen molar-refractivity contribution in [3.63, 3.8) is 0 Å². The Bertz CT molecular complexity index is 418. The molecular formula is C13H17NO3. The average Bonchev–Trinajstić information content (AvgIpc) is 2.30. The quantitative estimate of drug-likeness (QED) is 0.458. The number of allylic oxidation sites excluding steroid dienone is 3. The highest BCUT2D eigenvalue weighted by atomic mass is 16.5. The molecule has 0 heterocycles. The second-order valence-electron chi connectivity index (χ2n) is 4.07. The lowest BCUT2D eigenvalue weighted by Crippen LogP contribution is -2.28. The molecule has 1 aliphatic rings. The van der Waals surface area contributed by atoms with Crippen molar-refractivity contribution in [3.05, 3.63) is 35.8 Å². The molecule has 0 aromatic heterocycles. The van der Waals surface area contributed by atoms with Crippen LogP contribution in [0.15, 0.2) is 35.8 Å². The number of ether oxygens (including phenoxy) is 1. The number of carbonyl (C=O) groups excluding carboxylic acids is 2. The first kappa shape index (κ1) is 13.2. The lowest BCUT2D eigenvalue weighted by molar-refractivity contribution is -0.121. The van der Waals surface area contributed by atoms with Gasteiger partial charge in [-0.2, -0.15) is 0 Å². The van der Waals surface area contributed by atoms with Gasteiger partial charge in [-0.1, -0.05) is 19.6 Å². The highest BCUT2D eigenvalue weighted by Gasteiger charge is 2.18. The lowest BCUT2D eigenvalue weighted by atomic mass is 9.99. The van der Waals surface area contributed by atoms with E-state index in [1.165, 1.54) is 6.92 Å². The van der Waals surface area contributed by atoms with E-state index < -0.39 is 5.91 Å². The number of hydrogen-bond acceptors (Lipinski definition) is 3. The fourth-order valence-electron chi connectivity index (χ4n) is 1.49. The number of amides is 1. The van der Waals surface area contributed by atoms with E-state index in [0.717, 1.165) is 6.42 Å². The van der Waals surface area contributed by atoms with E-state index >= 15 is 0 Å². The zero-order chi connectivity index (χ0) is 13.0. The first-order valence-electron chi connectivity index (χ1n) is 5.42. The van der Waals surface area contributed by atoms with Gasteiger partial charge >= 0.3 is 0 Å². The summed E-state index contributed by atoms with van der Waals surface area (Å²) in [7, 11) is 1.56. The minimum Gasteiger partial charge on any atom is -0.499 e. The van der Waals surface area contributed by atoms with Crippen molar-refractivity contribution in [2.75, 3.05) is 7.11 Å². The van der Waals surface area contributed by atoms with Gasteiger partial charge in [0.05, 0.1) is 18.4 Å². The van der Waals surface area contributed by atoms with Gasteiger partial charge in [0.15, 0.2) is 5.78 Å². The van der Waals surface area contributed by atoms with E-state index in [4.69, 9.17) is 4.74 Å². The fraction of sp³-hybridized carbons (Fsp3) is 0.385. The normalized spacial score (nSPS) is 18.9. The molecule has 0 radical (unpaired) electrons. The van der Waals surface area contributed by atoms with Gasteiger partial charge in [0.2, 0.25) is 0 Å². The van der Waals surface area contributed by atoms with Crippen LogP contribution in [0.25, 0.3) is 0 Å². The van der Waals surface area contributed by atoms with Crippen molar-refractivity contribution in [1.29, 1.82) is 0 Å². The zero-order valence-electron chi connectivity index (χ0n) is 10.4. The van der Waals surface area contributed by atoms with Gasteiger partial charge in [0.1, 0.15) is 5.76 Å². The molecule has 0 fully saturated rings. The van der Waals surface area contributed by atoms with Gasteiger partial charge in [0, 0.05) is 6.42 Å². The summed E-state index contributed by atoms with van der Waals surface area (Å²) in [4.78, 5) is 22.6. The van der Waals surface area contributed by atoms with Crippen molar-refractivity contribution >= 4 is 11.7 Å². The minimum absolute atomic E-state index is 0.0556. The Morgan fingerprint density at radius 1 is 1.53 bits per heavy atom. The molecule has 1 rings (SSSR count). The predicted molar refractivity (Wildman–Crippen MR) is 64.9 cm³/mol. The number of hydrogen-bond donors (Lipinski definition) is 1. The lowest BCUT2D eigenvalue weighted by Gasteiger charge is -2.19. The molecule has 0 unspecified atom stereocenters. The summed E-state index contributed by atoms with van der Waals surface area (Å²) in [6.45, 7) is 6.81. The van der Waals surface area contributed by atoms with E-state index in [1.807, 2.05) is 6.08 Å². The Kier molecular flexibility index (Phi) is 4.26. The number of rotatable bonds is 4. The smallest absolute Gasteiger partial charge is 0.258 e. The molecule has 1 N–H and O–H groups in total. The standard InChI is InChI=1S/C13H17NO3/c1-8-5-6-11(12(7-8)17-4)14-13(16)9(2)10(3)15/h5-6,8H,2,7H2,1,3-4H3,(H,14,16)/t8-/m0/s1. The third kappa shape index (κ3) is 3.31. The van der Waals surface area contributed by atoms with E-state index in [0.29, 0.717) is 17.4 Å². The van der Waals surface area contributed by atoms with Crippen molar-refractivity contribution in [2.45, 2.75) is 20.3 Å². The molecule has 1 atom stereocenters. The van der Waals surface area contributed by atoms with Gasteiger partial charge in [-0.05, 0) is 18.9 Å². The van der Waals surface area contributed by atoms with Crippen LogP contribution in [0.5, 0.6) is 0 Å². The molecule has 1 amide bonds. The van der Waals surface area contributed by atoms with Gasteiger partial charge in [-0.3, -0.25) is 9.59 Å². The highest BCUT2D eigenvalue weighted by Crippen LogP contribution is 2.22. The van der Waals surface area contributed by atoms with Crippen LogP contribution >= 0.6 is 0 Å². The van der Waals surface area contributed by atoms with Gasteiger partial charge in [-0.25, -0.2) is 0 Å². The van der Waals surface area contributed by atoms with Crippen LogP contribution in [0.3, 0.4) is 0 Å². The van der Waals surface area contributed by atoms with Gasteiger partial charge in [-0.15, -0.1) is 0 Å². The number of nitrogens with one attached hydrogen (secondary N) is 1. The first-order valence-corrected chi connectivity index (χ1v) is 5.42. The SMILES string of the molecule is C=C(C(C)=O)C(=O)NC1=C(OC)C[C@@H](C)C=C1. The molecule has 0 bridgehead atoms. The van der Waals surface area contributed by atoms with Crippen LogP contribution in [-0.4, -0.2) is 18.8 Å². The average molecular weight is 235 g/mol. The molecule has 0 saturated carbocycles. The number of methoxy groups -OCH3 is 1. The van der Waals surface area contributed by atoms with Crippen LogP contribution in [0, 0.1) is 5.92 Å². The molecule has 92 valence electrons. The number of ketones is 1. The third-order valence-electron chi connectivity index (χ3n) is 2.59. The summed E-state index contributed by atoms with van der Waals surface area (Å²) in [5.74, 6) is 0.266. The van der Waals surface area contributed by atoms with E-state index in [-0.39, 0.29) is 11.4 Å². The van der Waals surface area contributed by atoms with Crippen molar-refractivity contribution in [1.82, 2.24) is 5.32 Å². The summed E-state index contributed by atoms with van der Waals surface area (Å²) in [6, 6.07) is 0. The maximum Gasteiger partial charge on any atom is 0.258 e. The summed E-state index contributed by atoms with van der Waals surface area (Å²) in [6.07, 6.45) is 4.50. The minimum atomic E-state index is -0.485. The van der Waals surface area contributed by atoms with Crippen LogP contribution < -0.4 is 5.32 Å². The molecule has 4 nitrogen and oxygen atoms in total. The number of Topliss-reactive ketones (excluding diaryl/α,β-unsaturated/α-hetero) is 1. The summed E-state index contributed by atoms with van der Waals surface area (Å²) < 4.78 is 5.21. The predicted octanol–water partition coefficient (Wildman–Crippen LogP) is 1.70. The van der Waals surface area contributed by atoms with Crippen LogP contribution in [0.2, 0.25) is 0 Å². The number of carbonyl (C=O) groups is 2. The van der Waals surface area contributed by atoms with E-state index in [1.54, 1.807) is 13.2 Å². The van der Waals surface area contributed by atoms with Crippen molar-refractivity contribution in [2.24, 2.45) is 5.92 Å². The second kappa shape index (κ2) is 5.48. The molecule has 0 aliphatic heterocycles. The summed E-state index contributed by atoms with van der Waals surface area (Å²) in [5.41, 5.74) is 0.540. The third-order valence-corrected chi connectivity index (χ3v) is 2.59. The van der Waals surface area contributed by atoms with Crippen molar-refractivity contribution in [3.8, 4) is 0 Å². The van der Waals surface area contributed by atoms with Gasteiger partial charge in [0.25, 0.3) is 5.91 Å². The van der Waals surface area contributed by atoms with E-state index in [2.05, 4.69) is 18.8 Å². The second-order valence-corrected chi connectivity index (χ2v) is 4.07. The molecule has 4 heteroatoms. The summed E-state index contributed by atoms with van der Waals surface area (Å²) in [5, 5.41) is 2.63. The monoisotopic (exact) mass is 235 g/mol. The largest absolute Gasteiger partial charge is 0.499 e. The molecule has 17 heavy (non-hydrogen) atoms. The maximum atomic E-state index is 11.6. The molecule has 0 aromatic carbocycles. The highest BCUT2D eigenvalue weighted by molar-refractivity contribution is 6.18. The first-order chi connectivity index (χ1) is 7.95. The maximum absolute atomic E-state index is 11.6. The molecule has 0 aromatic rings. The van der Waals surface area contributed by atoms with E-state index in [9.17, 15) is 9.59 Å².